The maximum atomic E-state index is 11.2. The zero-order valence-electron chi connectivity index (χ0n) is 17.2. The van der Waals surface area contributed by atoms with Crippen molar-refractivity contribution in [3.8, 4) is 51.0 Å². The standard InChI is InChI=1S/C27H20O5/c1-14-2-9-19(24-20-12-17(28)7-3-15(20)5-10-22(24)30)26(27(14)32)25-21-13-18(29)8-4-16(21)6-11-23(25)31/h2-13,28-32H,1H3. The molecule has 0 radical (unpaired) electrons. The van der Waals surface area contributed by atoms with Crippen molar-refractivity contribution >= 4 is 21.5 Å². The van der Waals surface area contributed by atoms with Crippen LogP contribution in [0.25, 0.3) is 43.8 Å². The van der Waals surface area contributed by atoms with Gasteiger partial charge in [0.1, 0.15) is 28.7 Å². The number of aryl methyl sites for hydroxylation is 1. The van der Waals surface area contributed by atoms with Crippen molar-refractivity contribution in [3.05, 3.63) is 78.4 Å². The van der Waals surface area contributed by atoms with Gasteiger partial charge in [-0.05, 0) is 76.0 Å². The molecule has 5 N–H and O–H groups in total. The fourth-order valence-corrected chi connectivity index (χ4v) is 4.29. The first-order chi connectivity index (χ1) is 15.3. The summed E-state index contributed by atoms with van der Waals surface area (Å²) in [7, 11) is 0. The van der Waals surface area contributed by atoms with Crippen LogP contribution in [0.4, 0.5) is 0 Å². The molecule has 0 aliphatic heterocycles. The zero-order chi connectivity index (χ0) is 22.6. The number of phenols is 5. The first-order valence-electron chi connectivity index (χ1n) is 10.1. The van der Waals surface area contributed by atoms with Crippen LogP contribution in [-0.2, 0) is 0 Å². The molecule has 5 aromatic rings. The molecule has 0 aromatic heterocycles. The molecule has 0 atom stereocenters. The van der Waals surface area contributed by atoms with Crippen LogP contribution in [-0.4, -0.2) is 25.5 Å². The molecule has 5 aromatic carbocycles. The van der Waals surface area contributed by atoms with E-state index in [0.717, 1.165) is 10.8 Å². The molecule has 0 heterocycles. The number of fused-ring (bicyclic) bond motifs is 2. The molecule has 5 heteroatoms. The Morgan fingerprint density at radius 2 is 1.00 bits per heavy atom. The van der Waals surface area contributed by atoms with Crippen LogP contribution >= 0.6 is 0 Å². The number of benzene rings is 5. The second kappa shape index (κ2) is 7.10. The highest BCUT2D eigenvalue weighted by molar-refractivity contribution is 6.10. The fraction of sp³-hybridized carbons (Fsp3) is 0.0370. The maximum Gasteiger partial charge on any atom is 0.127 e. The molecule has 0 aliphatic rings. The highest BCUT2D eigenvalue weighted by atomic mass is 16.3. The average molecular weight is 424 g/mol. The molecule has 0 bridgehead atoms. The number of hydrogen-bond donors (Lipinski definition) is 5. The Hall–Kier alpha value is -4.38. The van der Waals surface area contributed by atoms with E-state index in [1.54, 1.807) is 67.6 Å². The normalized spacial score (nSPS) is 11.3. The Morgan fingerprint density at radius 3 is 1.59 bits per heavy atom. The number of phenolic OH excluding ortho intramolecular Hbond substituents is 5. The van der Waals surface area contributed by atoms with Crippen molar-refractivity contribution in [2.24, 2.45) is 0 Å². The van der Waals surface area contributed by atoms with Crippen LogP contribution in [0.2, 0.25) is 0 Å². The molecule has 0 unspecified atom stereocenters. The van der Waals surface area contributed by atoms with Gasteiger partial charge in [-0.3, -0.25) is 0 Å². The average Bonchev–Trinajstić information content (AvgIpc) is 2.76. The van der Waals surface area contributed by atoms with E-state index >= 15 is 0 Å². The lowest BCUT2D eigenvalue weighted by atomic mass is 9.86. The second-order valence-electron chi connectivity index (χ2n) is 7.88. The minimum Gasteiger partial charge on any atom is -0.508 e. The third kappa shape index (κ3) is 2.94. The number of rotatable bonds is 2. The predicted molar refractivity (Wildman–Crippen MR) is 125 cm³/mol. The monoisotopic (exact) mass is 424 g/mol. The van der Waals surface area contributed by atoms with Crippen LogP contribution < -0.4 is 0 Å². The highest BCUT2D eigenvalue weighted by Crippen LogP contribution is 2.50. The number of aromatic hydroxyl groups is 5. The van der Waals surface area contributed by atoms with E-state index in [0.29, 0.717) is 38.6 Å². The van der Waals surface area contributed by atoms with Crippen LogP contribution in [0, 0.1) is 6.92 Å². The van der Waals surface area contributed by atoms with Crippen molar-refractivity contribution in [1.82, 2.24) is 0 Å². The molecule has 0 fully saturated rings. The molecule has 5 rings (SSSR count). The molecular weight excluding hydrogens is 404 g/mol. The molecule has 0 saturated carbocycles. The van der Waals surface area contributed by atoms with E-state index in [9.17, 15) is 25.5 Å². The van der Waals surface area contributed by atoms with E-state index < -0.39 is 0 Å². The Bertz CT molecular complexity index is 1520. The fourth-order valence-electron chi connectivity index (χ4n) is 4.29. The van der Waals surface area contributed by atoms with Gasteiger partial charge < -0.3 is 25.5 Å². The van der Waals surface area contributed by atoms with Gasteiger partial charge in [0.2, 0.25) is 0 Å². The molecule has 158 valence electrons. The highest BCUT2D eigenvalue weighted by Gasteiger charge is 2.23. The van der Waals surface area contributed by atoms with E-state index in [2.05, 4.69) is 0 Å². The van der Waals surface area contributed by atoms with E-state index in [1.807, 2.05) is 0 Å². The summed E-state index contributed by atoms with van der Waals surface area (Å²) in [4.78, 5) is 0. The van der Waals surface area contributed by atoms with Crippen molar-refractivity contribution in [2.75, 3.05) is 0 Å². The quantitative estimate of drug-likeness (QED) is 0.233. The lowest BCUT2D eigenvalue weighted by molar-refractivity contribution is 0.466. The predicted octanol–water partition coefficient (Wildman–Crippen LogP) is 6.16. The van der Waals surface area contributed by atoms with Gasteiger partial charge in [0.05, 0.1) is 0 Å². The van der Waals surface area contributed by atoms with Crippen molar-refractivity contribution in [3.63, 3.8) is 0 Å². The molecule has 0 saturated heterocycles. The van der Waals surface area contributed by atoms with Gasteiger partial charge in [-0.1, -0.05) is 36.4 Å². The van der Waals surface area contributed by atoms with Gasteiger partial charge in [-0.2, -0.15) is 0 Å². The van der Waals surface area contributed by atoms with Crippen LogP contribution in [0.15, 0.2) is 72.8 Å². The SMILES string of the molecule is Cc1ccc(-c2c(O)ccc3ccc(O)cc23)c(-c2c(O)ccc3ccc(O)cc23)c1O. The van der Waals surface area contributed by atoms with Crippen LogP contribution in [0.5, 0.6) is 28.7 Å². The van der Waals surface area contributed by atoms with Gasteiger partial charge >= 0.3 is 0 Å². The van der Waals surface area contributed by atoms with Gasteiger partial charge in [0.15, 0.2) is 0 Å². The van der Waals surface area contributed by atoms with E-state index in [4.69, 9.17) is 0 Å². The molecule has 0 spiro atoms. The Morgan fingerprint density at radius 1 is 0.500 bits per heavy atom. The van der Waals surface area contributed by atoms with Gasteiger partial charge in [0.25, 0.3) is 0 Å². The molecule has 0 aliphatic carbocycles. The topological polar surface area (TPSA) is 101 Å². The summed E-state index contributed by atoms with van der Waals surface area (Å²) in [6.45, 7) is 1.75. The summed E-state index contributed by atoms with van der Waals surface area (Å²) in [5.41, 5.74) is 2.15. The maximum absolute atomic E-state index is 11.2. The van der Waals surface area contributed by atoms with Crippen LogP contribution in [0.3, 0.4) is 0 Å². The zero-order valence-corrected chi connectivity index (χ0v) is 17.2. The first-order valence-corrected chi connectivity index (χ1v) is 10.1. The lowest BCUT2D eigenvalue weighted by Crippen LogP contribution is -1.92. The van der Waals surface area contributed by atoms with Crippen molar-refractivity contribution in [2.45, 2.75) is 6.92 Å². The largest absolute Gasteiger partial charge is 0.508 e. The third-order valence-corrected chi connectivity index (χ3v) is 5.87. The summed E-state index contributed by atoms with van der Waals surface area (Å²) >= 11 is 0. The Labute approximate surface area is 183 Å². The first kappa shape index (κ1) is 19.6. The number of hydrogen-bond acceptors (Lipinski definition) is 5. The molecule has 0 amide bonds. The van der Waals surface area contributed by atoms with Crippen molar-refractivity contribution < 1.29 is 25.5 Å². The summed E-state index contributed by atoms with van der Waals surface area (Å²) in [5, 5.41) is 55.8. The van der Waals surface area contributed by atoms with Crippen LogP contribution in [0.1, 0.15) is 5.56 Å². The summed E-state index contributed by atoms with van der Waals surface area (Å²) in [6.07, 6.45) is 0. The molecule has 32 heavy (non-hydrogen) atoms. The second-order valence-corrected chi connectivity index (χ2v) is 7.88. The van der Waals surface area contributed by atoms with E-state index in [1.165, 1.54) is 12.1 Å². The van der Waals surface area contributed by atoms with E-state index in [-0.39, 0.29) is 28.7 Å². The minimum atomic E-state index is -0.0761. The van der Waals surface area contributed by atoms with Gasteiger partial charge in [-0.25, -0.2) is 0 Å². The Kier molecular flexibility index (Phi) is 4.34. The van der Waals surface area contributed by atoms with Crippen molar-refractivity contribution in [1.29, 1.82) is 0 Å². The Balaban J connectivity index is 1.97. The summed E-state index contributed by atoms with van der Waals surface area (Å²) in [6, 6.07) is 19.8. The summed E-state index contributed by atoms with van der Waals surface area (Å²) in [5.74, 6) is -0.0932. The smallest absolute Gasteiger partial charge is 0.127 e. The van der Waals surface area contributed by atoms with Gasteiger partial charge in [-0.15, -0.1) is 0 Å². The van der Waals surface area contributed by atoms with Gasteiger partial charge in [0, 0.05) is 16.7 Å². The lowest BCUT2D eigenvalue weighted by Gasteiger charge is -2.19. The molecule has 5 nitrogen and oxygen atoms in total. The third-order valence-electron chi connectivity index (χ3n) is 5.87. The molecular formula is C27H20O5. The summed E-state index contributed by atoms with van der Waals surface area (Å²) < 4.78 is 0. The minimum absolute atomic E-state index is 0.0240.